The van der Waals surface area contributed by atoms with E-state index in [1.807, 2.05) is 60.8 Å². The largest absolute Gasteiger partial charge is 0.309 e. The maximum absolute atomic E-state index is 8.80. The number of fused-ring (bicyclic) bond motifs is 3. The summed E-state index contributed by atoms with van der Waals surface area (Å²) in [6.45, 7) is 0. The molecule has 1 N–H and O–H groups in total. The standard InChI is InChI=1S/C44H33N3S/c45-44(33-16-8-3-9-17-33)36-18-10-11-19-40(36)46-29-30-20-23-35(24-21-30)47-41-25-22-34(31-12-4-1-5-13-31)26-38(41)39-28-43(48)37(27-42(39)47)32-14-6-2-7-15-32/h1,3-6,8-29,45,48H,2,7H2. The molecule has 230 valence electrons. The molecule has 48 heavy (non-hydrogen) atoms. The number of hydrogen-bond donors (Lipinski definition) is 2. The summed E-state index contributed by atoms with van der Waals surface area (Å²) in [5, 5.41) is 11.2. The molecule has 1 aliphatic rings. The molecule has 7 aromatic rings. The van der Waals surface area contributed by atoms with Crippen molar-refractivity contribution in [2.45, 2.75) is 17.7 Å². The lowest BCUT2D eigenvalue weighted by Gasteiger charge is -2.13. The zero-order chi connectivity index (χ0) is 32.5. The van der Waals surface area contributed by atoms with Gasteiger partial charge in [-0.25, -0.2) is 0 Å². The van der Waals surface area contributed by atoms with Gasteiger partial charge in [-0.15, -0.1) is 12.6 Å². The normalized spacial score (nSPS) is 13.0. The zero-order valence-corrected chi connectivity index (χ0v) is 27.2. The third kappa shape index (κ3) is 5.61. The van der Waals surface area contributed by atoms with Crippen LogP contribution in [0.15, 0.2) is 168 Å². The van der Waals surface area contributed by atoms with Crippen molar-refractivity contribution in [3.8, 4) is 16.8 Å². The average molecular weight is 636 g/mol. The molecular weight excluding hydrogens is 603 g/mol. The van der Waals surface area contributed by atoms with Gasteiger partial charge in [-0.05, 0) is 83.1 Å². The van der Waals surface area contributed by atoms with Crippen molar-refractivity contribution in [1.82, 2.24) is 4.57 Å². The maximum Gasteiger partial charge on any atom is 0.0723 e. The van der Waals surface area contributed by atoms with Gasteiger partial charge in [0.1, 0.15) is 0 Å². The topological polar surface area (TPSA) is 41.1 Å². The van der Waals surface area contributed by atoms with Gasteiger partial charge in [-0.3, -0.25) is 10.4 Å². The lowest BCUT2D eigenvalue weighted by Crippen LogP contribution is -2.01. The molecule has 0 spiro atoms. The maximum atomic E-state index is 8.80. The number of benzene rings is 6. The molecule has 0 saturated carbocycles. The number of thiol groups is 1. The van der Waals surface area contributed by atoms with Crippen LogP contribution in [0.5, 0.6) is 0 Å². The van der Waals surface area contributed by atoms with Gasteiger partial charge in [-0.2, -0.15) is 0 Å². The summed E-state index contributed by atoms with van der Waals surface area (Å²) >= 11 is 5.00. The van der Waals surface area contributed by atoms with E-state index in [2.05, 4.69) is 108 Å². The lowest BCUT2D eigenvalue weighted by molar-refractivity contribution is 1.04. The number of hydrogen-bond acceptors (Lipinski definition) is 3. The van der Waals surface area contributed by atoms with Crippen LogP contribution in [0, 0.1) is 5.41 Å². The monoisotopic (exact) mass is 635 g/mol. The minimum atomic E-state index is 0.462. The second-order valence-corrected chi connectivity index (χ2v) is 12.5. The van der Waals surface area contributed by atoms with Gasteiger partial charge < -0.3 is 4.57 Å². The Bertz CT molecular complexity index is 2400. The molecule has 3 nitrogen and oxygen atoms in total. The first kappa shape index (κ1) is 29.7. The van der Waals surface area contributed by atoms with Gasteiger partial charge in [0.05, 0.1) is 22.4 Å². The van der Waals surface area contributed by atoms with E-state index in [-0.39, 0.29) is 0 Å². The van der Waals surface area contributed by atoms with E-state index < -0.39 is 0 Å². The van der Waals surface area contributed by atoms with E-state index in [1.54, 1.807) is 0 Å². The first-order valence-electron chi connectivity index (χ1n) is 16.3. The van der Waals surface area contributed by atoms with Crippen LogP contribution in [0.25, 0.3) is 44.2 Å². The first-order valence-corrected chi connectivity index (χ1v) is 16.7. The predicted molar refractivity (Wildman–Crippen MR) is 206 cm³/mol. The number of nitrogens with one attached hydrogen (secondary N) is 1. The highest BCUT2D eigenvalue weighted by Crippen LogP contribution is 2.39. The van der Waals surface area contributed by atoms with Crippen LogP contribution in [-0.2, 0) is 0 Å². The second-order valence-electron chi connectivity index (χ2n) is 12.1. The molecule has 0 unspecified atom stereocenters. The number of rotatable bonds is 7. The highest BCUT2D eigenvalue weighted by Gasteiger charge is 2.17. The quantitative estimate of drug-likeness (QED) is 0.129. The van der Waals surface area contributed by atoms with Crippen molar-refractivity contribution < 1.29 is 0 Å². The first-order chi connectivity index (χ1) is 23.6. The van der Waals surface area contributed by atoms with Gasteiger partial charge in [0.2, 0.25) is 0 Å². The third-order valence-electron chi connectivity index (χ3n) is 9.04. The van der Waals surface area contributed by atoms with Gasteiger partial charge in [0, 0.05) is 38.7 Å². The summed E-state index contributed by atoms with van der Waals surface area (Å²) in [4.78, 5) is 5.82. The molecule has 1 heterocycles. The zero-order valence-electron chi connectivity index (χ0n) is 26.3. The van der Waals surface area contributed by atoms with Crippen molar-refractivity contribution >= 4 is 57.6 Å². The van der Waals surface area contributed by atoms with E-state index in [9.17, 15) is 0 Å². The Morgan fingerprint density at radius 2 is 1.42 bits per heavy atom. The van der Waals surface area contributed by atoms with Gasteiger partial charge in [-0.1, -0.05) is 115 Å². The van der Waals surface area contributed by atoms with E-state index in [0.29, 0.717) is 5.71 Å². The molecule has 0 saturated heterocycles. The van der Waals surface area contributed by atoms with E-state index in [0.717, 1.165) is 62.4 Å². The predicted octanol–water partition coefficient (Wildman–Crippen LogP) is 11.6. The van der Waals surface area contributed by atoms with Crippen LogP contribution in [0.4, 0.5) is 5.69 Å². The highest BCUT2D eigenvalue weighted by molar-refractivity contribution is 7.80. The Hall–Kier alpha value is -5.71. The minimum Gasteiger partial charge on any atom is -0.309 e. The van der Waals surface area contributed by atoms with Crippen LogP contribution in [-0.4, -0.2) is 16.5 Å². The molecule has 1 aromatic heterocycles. The van der Waals surface area contributed by atoms with Gasteiger partial charge in [0.25, 0.3) is 0 Å². The van der Waals surface area contributed by atoms with Crippen LogP contribution < -0.4 is 0 Å². The van der Waals surface area contributed by atoms with Gasteiger partial charge >= 0.3 is 0 Å². The molecule has 4 heteroatoms. The molecule has 8 rings (SSSR count). The molecule has 0 atom stereocenters. The molecule has 1 aliphatic carbocycles. The average Bonchev–Trinajstić information content (AvgIpc) is 3.47. The Balaban J connectivity index is 1.21. The fraction of sp³-hybridized carbons (Fsp3) is 0.0455. The highest BCUT2D eigenvalue weighted by atomic mass is 32.1. The molecular formula is C44H33N3S. The summed E-state index contributed by atoms with van der Waals surface area (Å²) in [6.07, 6.45) is 10.8. The Morgan fingerprint density at radius 3 is 2.19 bits per heavy atom. The number of para-hydroxylation sites is 1. The third-order valence-corrected chi connectivity index (χ3v) is 9.41. The summed E-state index contributed by atoms with van der Waals surface area (Å²) < 4.78 is 2.36. The number of aromatic nitrogens is 1. The Morgan fingerprint density at radius 1 is 0.688 bits per heavy atom. The number of aliphatic imine (C=N–C) groups is 1. The van der Waals surface area contributed by atoms with Crippen molar-refractivity contribution in [3.63, 3.8) is 0 Å². The smallest absolute Gasteiger partial charge is 0.0723 e. The van der Waals surface area contributed by atoms with Crippen molar-refractivity contribution in [2.75, 3.05) is 0 Å². The summed E-state index contributed by atoms with van der Waals surface area (Å²) in [7, 11) is 0. The lowest BCUT2D eigenvalue weighted by atomic mass is 9.97. The fourth-order valence-electron chi connectivity index (χ4n) is 6.60. The van der Waals surface area contributed by atoms with E-state index in [1.165, 1.54) is 27.5 Å². The molecule has 0 aliphatic heterocycles. The Labute approximate surface area is 286 Å². The fourth-order valence-corrected chi connectivity index (χ4v) is 6.92. The molecule has 0 bridgehead atoms. The Kier molecular flexibility index (Phi) is 7.93. The van der Waals surface area contributed by atoms with Crippen molar-refractivity contribution in [3.05, 3.63) is 180 Å². The molecule has 0 radical (unpaired) electrons. The van der Waals surface area contributed by atoms with E-state index in [4.69, 9.17) is 23.0 Å². The van der Waals surface area contributed by atoms with Crippen molar-refractivity contribution in [1.29, 1.82) is 5.41 Å². The van der Waals surface area contributed by atoms with Crippen molar-refractivity contribution in [2.24, 2.45) is 4.99 Å². The molecule has 0 fully saturated rings. The minimum absolute atomic E-state index is 0.462. The summed E-state index contributed by atoms with van der Waals surface area (Å²) in [5.74, 6) is 0. The summed E-state index contributed by atoms with van der Waals surface area (Å²) in [6, 6.07) is 48.0. The second kappa shape index (κ2) is 12.8. The van der Waals surface area contributed by atoms with Gasteiger partial charge in [0.15, 0.2) is 0 Å². The van der Waals surface area contributed by atoms with E-state index >= 15 is 0 Å². The van der Waals surface area contributed by atoms with Crippen LogP contribution in [0.2, 0.25) is 0 Å². The molecule has 6 aromatic carbocycles. The van der Waals surface area contributed by atoms with Crippen LogP contribution in [0.3, 0.4) is 0 Å². The number of nitrogens with zero attached hydrogens (tertiary/aromatic N) is 2. The SMILES string of the molecule is N=C(c1ccccc1)c1ccccc1N=Cc1ccc(-n2c3ccc(-c4ccccc4)cc3c3cc(S)c(C4=CCCC=C4)cc32)cc1. The summed E-state index contributed by atoms with van der Waals surface area (Å²) in [5.41, 5.74) is 12.0. The molecule has 0 amide bonds. The van der Waals surface area contributed by atoms with Crippen LogP contribution in [0.1, 0.15) is 35.1 Å². The van der Waals surface area contributed by atoms with Crippen LogP contribution >= 0.6 is 12.6 Å². The number of allylic oxidation sites excluding steroid dienone is 4.